The number of hydrogen-bond donors (Lipinski definition) is 1. The van der Waals surface area contributed by atoms with Gasteiger partial charge in [0, 0.05) is 18.4 Å². The van der Waals surface area contributed by atoms with Crippen LogP contribution in [-0.2, 0) is 6.54 Å². The summed E-state index contributed by atoms with van der Waals surface area (Å²) in [7, 11) is 0. The maximum absolute atomic E-state index is 4.53. The van der Waals surface area contributed by atoms with Crippen LogP contribution >= 0.6 is 0 Å². The molecule has 1 aromatic heterocycles. The zero-order chi connectivity index (χ0) is 13.8. The summed E-state index contributed by atoms with van der Waals surface area (Å²) in [6.07, 6.45) is 3.20. The lowest BCUT2D eigenvalue weighted by Crippen LogP contribution is -2.02. The molecule has 3 nitrogen and oxygen atoms in total. The molecule has 0 atom stereocenters. The van der Waals surface area contributed by atoms with E-state index in [2.05, 4.69) is 66.1 Å². The standard InChI is InChI=1S/C16H23N3/c1-5-10-19-11-13(4)17-16(19)18-15-8-6-14(7-9-15)12(2)3/h6-9,11-12H,5,10H2,1-4H3,(H,17,18). The molecular formula is C16H23N3. The number of imidazole rings is 1. The summed E-state index contributed by atoms with van der Waals surface area (Å²) in [5.74, 6) is 1.50. The largest absolute Gasteiger partial charge is 0.326 e. The van der Waals surface area contributed by atoms with Crippen molar-refractivity contribution in [3.05, 3.63) is 41.7 Å². The van der Waals surface area contributed by atoms with Crippen LogP contribution in [0.2, 0.25) is 0 Å². The van der Waals surface area contributed by atoms with Gasteiger partial charge in [0.2, 0.25) is 5.95 Å². The molecule has 0 aliphatic carbocycles. The van der Waals surface area contributed by atoms with Gasteiger partial charge in [0.25, 0.3) is 0 Å². The molecule has 0 unspecified atom stereocenters. The van der Waals surface area contributed by atoms with E-state index in [0.29, 0.717) is 5.92 Å². The highest BCUT2D eigenvalue weighted by Crippen LogP contribution is 2.20. The third kappa shape index (κ3) is 3.37. The molecule has 3 heteroatoms. The molecule has 2 aromatic rings. The van der Waals surface area contributed by atoms with Crippen LogP contribution in [0.4, 0.5) is 11.6 Å². The van der Waals surface area contributed by atoms with E-state index >= 15 is 0 Å². The van der Waals surface area contributed by atoms with E-state index in [9.17, 15) is 0 Å². The molecule has 0 fully saturated rings. The first-order valence-electron chi connectivity index (χ1n) is 7.01. The molecule has 2 rings (SSSR count). The summed E-state index contributed by atoms with van der Waals surface area (Å²) in [5.41, 5.74) is 3.50. The molecule has 0 saturated carbocycles. The van der Waals surface area contributed by atoms with Crippen LogP contribution < -0.4 is 5.32 Å². The lowest BCUT2D eigenvalue weighted by molar-refractivity contribution is 0.686. The molecule has 1 heterocycles. The Morgan fingerprint density at radius 1 is 1.21 bits per heavy atom. The van der Waals surface area contributed by atoms with E-state index < -0.39 is 0 Å². The number of rotatable bonds is 5. The van der Waals surface area contributed by atoms with Gasteiger partial charge in [-0.15, -0.1) is 0 Å². The number of anilines is 2. The molecule has 0 aliphatic heterocycles. The first-order chi connectivity index (χ1) is 9.10. The summed E-state index contributed by atoms with van der Waals surface area (Å²) < 4.78 is 2.17. The van der Waals surface area contributed by atoms with Gasteiger partial charge in [-0.1, -0.05) is 32.9 Å². The Morgan fingerprint density at radius 2 is 1.89 bits per heavy atom. The second kappa shape index (κ2) is 5.91. The van der Waals surface area contributed by atoms with Crippen molar-refractivity contribution >= 4 is 11.6 Å². The maximum atomic E-state index is 4.53. The smallest absolute Gasteiger partial charge is 0.207 e. The molecule has 1 aromatic carbocycles. The Morgan fingerprint density at radius 3 is 2.47 bits per heavy atom. The summed E-state index contributed by atoms with van der Waals surface area (Å²) in [5, 5.41) is 3.40. The molecular weight excluding hydrogens is 234 g/mol. The minimum absolute atomic E-state index is 0.568. The summed E-state index contributed by atoms with van der Waals surface area (Å²) >= 11 is 0. The van der Waals surface area contributed by atoms with Gasteiger partial charge in [0.1, 0.15) is 0 Å². The molecule has 19 heavy (non-hydrogen) atoms. The maximum Gasteiger partial charge on any atom is 0.207 e. The van der Waals surface area contributed by atoms with E-state index in [1.807, 2.05) is 6.92 Å². The molecule has 0 aliphatic rings. The SMILES string of the molecule is CCCn1cc(C)nc1Nc1ccc(C(C)C)cc1. The second-order valence-corrected chi connectivity index (χ2v) is 5.30. The number of hydrogen-bond acceptors (Lipinski definition) is 2. The first-order valence-corrected chi connectivity index (χ1v) is 7.01. The van der Waals surface area contributed by atoms with E-state index in [0.717, 1.165) is 30.3 Å². The highest BCUT2D eigenvalue weighted by molar-refractivity contribution is 5.54. The molecule has 0 bridgehead atoms. The van der Waals surface area contributed by atoms with Gasteiger partial charge in [0.05, 0.1) is 5.69 Å². The first kappa shape index (κ1) is 13.7. The van der Waals surface area contributed by atoms with E-state index in [1.54, 1.807) is 0 Å². The van der Waals surface area contributed by atoms with Crippen LogP contribution in [-0.4, -0.2) is 9.55 Å². The van der Waals surface area contributed by atoms with Crippen molar-refractivity contribution in [3.63, 3.8) is 0 Å². The molecule has 102 valence electrons. The van der Waals surface area contributed by atoms with E-state index in [4.69, 9.17) is 0 Å². The average molecular weight is 257 g/mol. The number of benzene rings is 1. The molecule has 0 saturated heterocycles. The predicted octanol–water partition coefficient (Wildman–Crippen LogP) is 4.47. The van der Waals surface area contributed by atoms with Gasteiger partial charge in [-0.3, -0.25) is 0 Å². The Labute approximate surface area is 115 Å². The third-order valence-electron chi connectivity index (χ3n) is 3.19. The van der Waals surface area contributed by atoms with Gasteiger partial charge in [-0.05, 0) is 37.0 Å². The summed E-state index contributed by atoms with van der Waals surface area (Å²) in [6, 6.07) is 8.59. The van der Waals surface area contributed by atoms with Crippen molar-refractivity contribution in [3.8, 4) is 0 Å². The monoisotopic (exact) mass is 257 g/mol. The lowest BCUT2D eigenvalue weighted by Gasteiger charge is -2.10. The van der Waals surface area contributed by atoms with Crippen molar-refractivity contribution in [2.75, 3.05) is 5.32 Å². The van der Waals surface area contributed by atoms with E-state index in [-0.39, 0.29) is 0 Å². The highest BCUT2D eigenvalue weighted by Gasteiger charge is 2.05. The average Bonchev–Trinajstić information content (AvgIpc) is 2.71. The Hall–Kier alpha value is -1.77. The predicted molar refractivity (Wildman–Crippen MR) is 81.1 cm³/mol. The lowest BCUT2D eigenvalue weighted by atomic mass is 10.0. The van der Waals surface area contributed by atoms with E-state index in [1.165, 1.54) is 5.56 Å². The van der Waals surface area contributed by atoms with Crippen molar-refractivity contribution in [2.45, 2.75) is 46.6 Å². The summed E-state index contributed by atoms with van der Waals surface area (Å²) in [4.78, 5) is 4.53. The van der Waals surface area contributed by atoms with Gasteiger partial charge in [0.15, 0.2) is 0 Å². The fraction of sp³-hybridized carbons (Fsp3) is 0.438. The van der Waals surface area contributed by atoms with Crippen molar-refractivity contribution < 1.29 is 0 Å². The Balaban J connectivity index is 2.16. The van der Waals surface area contributed by atoms with Gasteiger partial charge < -0.3 is 9.88 Å². The van der Waals surface area contributed by atoms with Gasteiger partial charge >= 0.3 is 0 Å². The van der Waals surface area contributed by atoms with Crippen LogP contribution in [0, 0.1) is 6.92 Å². The van der Waals surface area contributed by atoms with Crippen LogP contribution in [0.5, 0.6) is 0 Å². The van der Waals surface area contributed by atoms with Gasteiger partial charge in [-0.25, -0.2) is 4.98 Å². The van der Waals surface area contributed by atoms with Crippen molar-refractivity contribution in [1.82, 2.24) is 9.55 Å². The minimum Gasteiger partial charge on any atom is -0.326 e. The van der Waals surface area contributed by atoms with Crippen LogP contribution in [0.1, 0.15) is 44.4 Å². The molecule has 0 radical (unpaired) electrons. The molecule has 0 spiro atoms. The molecule has 0 amide bonds. The fourth-order valence-electron chi connectivity index (χ4n) is 2.14. The number of aromatic nitrogens is 2. The number of nitrogens with zero attached hydrogens (tertiary/aromatic N) is 2. The fourth-order valence-corrected chi connectivity index (χ4v) is 2.14. The Bertz CT molecular complexity index is 523. The van der Waals surface area contributed by atoms with Crippen molar-refractivity contribution in [2.24, 2.45) is 0 Å². The Kier molecular flexibility index (Phi) is 4.25. The number of nitrogens with one attached hydrogen (secondary N) is 1. The highest BCUT2D eigenvalue weighted by atomic mass is 15.2. The van der Waals surface area contributed by atoms with Gasteiger partial charge in [-0.2, -0.15) is 0 Å². The zero-order valence-electron chi connectivity index (χ0n) is 12.3. The quantitative estimate of drug-likeness (QED) is 0.856. The van der Waals surface area contributed by atoms with Crippen LogP contribution in [0.25, 0.3) is 0 Å². The molecule has 1 N–H and O–H groups in total. The topological polar surface area (TPSA) is 29.9 Å². The van der Waals surface area contributed by atoms with Crippen LogP contribution in [0.3, 0.4) is 0 Å². The normalized spacial score (nSPS) is 11.0. The van der Waals surface area contributed by atoms with Crippen LogP contribution in [0.15, 0.2) is 30.5 Å². The van der Waals surface area contributed by atoms with Crippen molar-refractivity contribution in [1.29, 1.82) is 0 Å². The third-order valence-corrected chi connectivity index (χ3v) is 3.19. The minimum atomic E-state index is 0.568. The second-order valence-electron chi connectivity index (χ2n) is 5.30. The summed E-state index contributed by atoms with van der Waals surface area (Å²) in [6.45, 7) is 9.61. The zero-order valence-corrected chi connectivity index (χ0v) is 12.3. The number of aryl methyl sites for hydroxylation is 2.